The van der Waals surface area contributed by atoms with Gasteiger partial charge >= 0.3 is 0 Å². The topological polar surface area (TPSA) is 76.5 Å². The molecule has 25 heavy (non-hydrogen) atoms. The number of ketones is 1. The molecule has 124 valence electrons. The van der Waals surface area contributed by atoms with Gasteiger partial charge in [-0.05, 0) is 19.9 Å². The van der Waals surface area contributed by atoms with E-state index in [9.17, 15) is 4.79 Å². The molecule has 3 aromatic heterocycles. The fourth-order valence-corrected chi connectivity index (χ4v) is 3.65. The van der Waals surface area contributed by atoms with E-state index in [1.165, 1.54) is 17.7 Å². The second-order valence-corrected chi connectivity index (χ2v) is 6.52. The minimum absolute atomic E-state index is 0.0547. The third-order valence-electron chi connectivity index (χ3n) is 4.06. The van der Waals surface area contributed by atoms with Gasteiger partial charge in [-0.25, -0.2) is 10.1 Å². The summed E-state index contributed by atoms with van der Waals surface area (Å²) in [7, 11) is 0. The number of aryl methyl sites for hydroxylation is 1. The number of benzene rings is 1. The third-order valence-corrected chi connectivity index (χ3v) is 4.90. The molecule has 1 N–H and O–H groups in total. The van der Waals surface area contributed by atoms with Gasteiger partial charge in [-0.1, -0.05) is 30.3 Å². The van der Waals surface area contributed by atoms with E-state index >= 15 is 0 Å². The quantitative estimate of drug-likeness (QED) is 0.572. The summed E-state index contributed by atoms with van der Waals surface area (Å²) in [6.45, 7) is 4.00. The van der Waals surface area contributed by atoms with E-state index in [1.807, 2.05) is 48.1 Å². The molecule has 0 aliphatic rings. The Bertz CT molecular complexity index is 1030. The van der Waals surface area contributed by atoms with Gasteiger partial charge in [0.25, 0.3) is 0 Å². The number of H-pyrrole nitrogens is 1. The van der Waals surface area contributed by atoms with Crippen molar-refractivity contribution in [1.82, 2.24) is 24.7 Å². The average molecular weight is 349 g/mol. The summed E-state index contributed by atoms with van der Waals surface area (Å²) < 4.78 is 1.99. The van der Waals surface area contributed by atoms with Crippen LogP contribution in [0.1, 0.15) is 26.8 Å². The molecular weight excluding hydrogens is 334 g/mol. The van der Waals surface area contributed by atoms with Crippen molar-refractivity contribution in [2.75, 3.05) is 0 Å². The highest BCUT2D eigenvalue weighted by Gasteiger charge is 2.18. The fraction of sp³-hybridized carbons (Fsp3) is 0.111. The standard InChI is InChI=1S/C18H15N5OS/c1-11-8-14(12(2)23(11)18-19-10-20-22-18)15-9-25-17(21-15)16(24)13-6-4-3-5-7-13/h3-10H,1-2H3,(H,19,20,22). The third kappa shape index (κ3) is 2.68. The molecule has 0 radical (unpaired) electrons. The molecule has 3 heterocycles. The molecule has 0 saturated heterocycles. The monoisotopic (exact) mass is 349 g/mol. The van der Waals surface area contributed by atoms with Crippen molar-refractivity contribution in [2.24, 2.45) is 0 Å². The van der Waals surface area contributed by atoms with Crippen LogP contribution in [0.25, 0.3) is 17.2 Å². The molecule has 0 amide bonds. The Morgan fingerprint density at radius 3 is 2.72 bits per heavy atom. The van der Waals surface area contributed by atoms with E-state index in [0.717, 1.165) is 22.6 Å². The van der Waals surface area contributed by atoms with Crippen molar-refractivity contribution < 1.29 is 4.79 Å². The van der Waals surface area contributed by atoms with E-state index in [4.69, 9.17) is 0 Å². The largest absolute Gasteiger partial charge is 0.287 e. The average Bonchev–Trinajstić information content (AvgIpc) is 3.36. The molecule has 7 heteroatoms. The summed E-state index contributed by atoms with van der Waals surface area (Å²) in [5, 5.41) is 9.19. The molecule has 4 rings (SSSR count). The second kappa shape index (κ2) is 6.10. The van der Waals surface area contributed by atoms with Crippen molar-refractivity contribution in [3.05, 3.63) is 70.1 Å². The maximum absolute atomic E-state index is 12.6. The lowest BCUT2D eigenvalue weighted by atomic mass is 10.1. The first-order valence-electron chi connectivity index (χ1n) is 7.75. The van der Waals surface area contributed by atoms with Crippen LogP contribution in [0.3, 0.4) is 0 Å². The summed E-state index contributed by atoms with van der Waals surface area (Å²) in [6, 6.07) is 11.3. The van der Waals surface area contributed by atoms with E-state index < -0.39 is 0 Å². The summed E-state index contributed by atoms with van der Waals surface area (Å²) in [6.07, 6.45) is 1.48. The highest BCUT2D eigenvalue weighted by atomic mass is 32.1. The first-order valence-corrected chi connectivity index (χ1v) is 8.63. The van der Waals surface area contributed by atoms with Crippen molar-refractivity contribution in [2.45, 2.75) is 13.8 Å². The smallest absolute Gasteiger partial charge is 0.229 e. The number of nitrogens with one attached hydrogen (secondary N) is 1. The van der Waals surface area contributed by atoms with E-state index in [1.54, 1.807) is 12.1 Å². The van der Waals surface area contributed by atoms with Crippen LogP contribution in [0.15, 0.2) is 48.1 Å². The highest BCUT2D eigenvalue weighted by Crippen LogP contribution is 2.30. The van der Waals surface area contributed by atoms with Crippen molar-refractivity contribution in [3.8, 4) is 17.2 Å². The summed E-state index contributed by atoms with van der Waals surface area (Å²) in [5.74, 6) is 0.609. The van der Waals surface area contributed by atoms with E-state index in [0.29, 0.717) is 16.5 Å². The maximum atomic E-state index is 12.6. The molecule has 0 atom stereocenters. The zero-order chi connectivity index (χ0) is 17.4. The Balaban J connectivity index is 1.72. The molecule has 0 bridgehead atoms. The lowest BCUT2D eigenvalue weighted by molar-refractivity contribution is 0.103. The minimum Gasteiger partial charge on any atom is -0.287 e. The minimum atomic E-state index is -0.0547. The summed E-state index contributed by atoms with van der Waals surface area (Å²) >= 11 is 1.36. The van der Waals surface area contributed by atoms with Crippen molar-refractivity contribution in [3.63, 3.8) is 0 Å². The molecule has 4 aromatic rings. The van der Waals surface area contributed by atoms with Crippen LogP contribution in [0, 0.1) is 13.8 Å². The summed E-state index contributed by atoms with van der Waals surface area (Å²) in [4.78, 5) is 21.3. The van der Waals surface area contributed by atoms with Gasteiger partial charge in [0.2, 0.25) is 11.7 Å². The van der Waals surface area contributed by atoms with Gasteiger partial charge < -0.3 is 0 Å². The molecule has 0 unspecified atom stereocenters. The Labute approximate surface area is 148 Å². The molecule has 0 saturated carbocycles. The predicted octanol–water partition coefficient (Wildman–Crippen LogP) is 3.57. The van der Waals surface area contributed by atoms with Gasteiger partial charge in [0.1, 0.15) is 6.33 Å². The molecular formula is C18H15N5OS. The summed E-state index contributed by atoms with van der Waals surface area (Å²) in [5.41, 5.74) is 4.45. The number of aromatic nitrogens is 5. The first kappa shape index (κ1) is 15.5. The number of nitrogens with zero attached hydrogens (tertiary/aromatic N) is 4. The van der Waals surface area contributed by atoms with Crippen LogP contribution < -0.4 is 0 Å². The number of hydrogen-bond acceptors (Lipinski definition) is 5. The van der Waals surface area contributed by atoms with Crippen molar-refractivity contribution in [1.29, 1.82) is 0 Å². The first-order chi connectivity index (χ1) is 12.1. The number of carbonyl (C=O) groups excluding carboxylic acids is 1. The lowest BCUT2D eigenvalue weighted by Crippen LogP contribution is -2.01. The Kier molecular flexibility index (Phi) is 3.77. The van der Waals surface area contributed by atoms with Crippen LogP contribution in [-0.2, 0) is 0 Å². The lowest BCUT2D eigenvalue weighted by Gasteiger charge is -2.04. The van der Waals surface area contributed by atoms with E-state index in [2.05, 4.69) is 20.2 Å². The number of thiazole rings is 1. The number of aromatic amines is 1. The maximum Gasteiger partial charge on any atom is 0.229 e. The molecule has 1 aromatic carbocycles. The normalized spacial score (nSPS) is 11.0. The molecule has 0 aliphatic carbocycles. The SMILES string of the molecule is Cc1cc(-c2csc(C(=O)c3ccccc3)n2)c(C)n1-c1ncn[nH]1. The molecule has 0 aliphatic heterocycles. The zero-order valence-electron chi connectivity index (χ0n) is 13.7. The number of carbonyl (C=O) groups is 1. The van der Waals surface area contributed by atoms with Gasteiger partial charge in [0.05, 0.1) is 5.69 Å². The van der Waals surface area contributed by atoms with Gasteiger partial charge in [0, 0.05) is 27.9 Å². The zero-order valence-corrected chi connectivity index (χ0v) is 14.5. The Morgan fingerprint density at radius 2 is 2.00 bits per heavy atom. The number of rotatable bonds is 4. The van der Waals surface area contributed by atoms with Crippen LogP contribution >= 0.6 is 11.3 Å². The van der Waals surface area contributed by atoms with Crippen LogP contribution in [0.2, 0.25) is 0 Å². The fourth-order valence-electron chi connectivity index (χ4n) is 2.87. The molecule has 0 spiro atoms. The number of hydrogen-bond donors (Lipinski definition) is 1. The Hall–Kier alpha value is -3.06. The van der Waals surface area contributed by atoms with Crippen LogP contribution in [0.4, 0.5) is 0 Å². The highest BCUT2D eigenvalue weighted by molar-refractivity contribution is 7.12. The van der Waals surface area contributed by atoms with Gasteiger partial charge in [-0.2, -0.15) is 10.1 Å². The van der Waals surface area contributed by atoms with Crippen LogP contribution in [-0.4, -0.2) is 30.5 Å². The van der Waals surface area contributed by atoms with Crippen molar-refractivity contribution >= 4 is 17.1 Å². The second-order valence-electron chi connectivity index (χ2n) is 5.66. The van der Waals surface area contributed by atoms with Crippen LogP contribution in [0.5, 0.6) is 0 Å². The molecule has 6 nitrogen and oxygen atoms in total. The Morgan fingerprint density at radius 1 is 1.20 bits per heavy atom. The predicted molar refractivity (Wildman–Crippen MR) is 96.2 cm³/mol. The van der Waals surface area contributed by atoms with Gasteiger partial charge in [-0.3, -0.25) is 9.36 Å². The molecule has 0 fully saturated rings. The van der Waals surface area contributed by atoms with E-state index in [-0.39, 0.29) is 5.78 Å². The van der Waals surface area contributed by atoms with Gasteiger partial charge in [-0.15, -0.1) is 11.3 Å². The van der Waals surface area contributed by atoms with Gasteiger partial charge in [0.15, 0.2) is 5.01 Å².